The predicted molar refractivity (Wildman–Crippen MR) is 123 cm³/mol. The van der Waals surface area contributed by atoms with E-state index in [1.165, 1.54) is 0 Å². The molecule has 2 atom stereocenters. The van der Waals surface area contributed by atoms with Crippen molar-refractivity contribution in [2.24, 2.45) is 16.0 Å². The molecule has 0 radical (unpaired) electrons. The van der Waals surface area contributed by atoms with Crippen LogP contribution in [0, 0.1) is 5.92 Å². The summed E-state index contributed by atoms with van der Waals surface area (Å²) < 4.78 is 15.7. The van der Waals surface area contributed by atoms with E-state index >= 15 is 0 Å². The Balaban J connectivity index is 0.00000190. The summed E-state index contributed by atoms with van der Waals surface area (Å²) in [6, 6.07) is 9.93. The minimum Gasteiger partial charge on any atom is -0.270 e. The summed E-state index contributed by atoms with van der Waals surface area (Å²) in [6.07, 6.45) is 6.46. The Labute approximate surface area is 176 Å². The summed E-state index contributed by atoms with van der Waals surface area (Å²) in [6.45, 7) is 10.9. The second kappa shape index (κ2) is 13.3. The van der Waals surface area contributed by atoms with Crippen LogP contribution in [0.1, 0.15) is 46.6 Å². The van der Waals surface area contributed by atoms with Crippen LogP contribution in [0.25, 0.3) is 0 Å². The minimum atomic E-state index is -1.52. The first-order valence-corrected chi connectivity index (χ1v) is 11.2. The molecule has 28 heavy (non-hydrogen) atoms. The molecule has 0 saturated heterocycles. The summed E-state index contributed by atoms with van der Waals surface area (Å²) in [5, 5.41) is 6.67. The van der Waals surface area contributed by atoms with E-state index in [0.717, 1.165) is 18.5 Å². The van der Waals surface area contributed by atoms with Crippen molar-refractivity contribution in [1.82, 2.24) is 9.73 Å². The van der Waals surface area contributed by atoms with Crippen molar-refractivity contribution in [3.05, 3.63) is 58.0 Å². The Morgan fingerprint density at radius 2 is 2.07 bits per heavy atom. The number of nitrogens with zero attached hydrogens (tertiary/aromatic N) is 3. The average Bonchev–Trinajstić information content (AvgIpc) is 3.20. The van der Waals surface area contributed by atoms with Crippen LogP contribution in [-0.4, -0.2) is 27.9 Å². The van der Waals surface area contributed by atoms with Crippen LogP contribution in [0.4, 0.5) is 0 Å². The van der Waals surface area contributed by atoms with Gasteiger partial charge in [0.2, 0.25) is 5.96 Å². The third-order valence-corrected chi connectivity index (χ3v) is 5.41. The van der Waals surface area contributed by atoms with E-state index in [1.54, 1.807) is 18.0 Å². The number of halogens is 1. The highest BCUT2D eigenvalue weighted by atomic mass is 35.5. The molecule has 5 nitrogen and oxygen atoms in total. The monoisotopic (exact) mass is 422 g/mol. The summed E-state index contributed by atoms with van der Waals surface area (Å²) in [7, 11) is -1.52. The first-order chi connectivity index (χ1) is 13.5. The maximum Gasteiger partial charge on any atom is 0.227 e. The molecule has 2 unspecified atom stereocenters. The fourth-order valence-electron chi connectivity index (χ4n) is 2.38. The number of rotatable bonds is 6. The number of hydrogen-bond donors (Lipinski definition) is 1. The van der Waals surface area contributed by atoms with Gasteiger partial charge in [-0.2, -0.15) is 5.10 Å². The van der Waals surface area contributed by atoms with E-state index in [0.29, 0.717) is 28.4 Å². The zero-order chi connectivity index (χ0) is 20.9. The summed E-state index contributed by atoms with van der Waals surface area (Å²) >= 11 is 6.09. The Kier molecular flexibility index (Phi) is 11.4. The highest BCUT2D eigenvalue weighted by Crippen LogP contribution is 2.16. The molecule has 0 bridgehead atoms. The van der Waals surface area contributed by atoms with Gasteiger partial charge in [-0.1, -0.05) is 68.8 Å². The van der Waals surface area contributed by atoms with Gasteiger partial charge in [0, 0.05) is 17.2 Å². The number of aliphatic imine (C=N–C) groups is 1. The quantitative estimate of drug-likeness (QED) is 0.389. The third kappa shape index (κ3) is 7.60. The maximum absolute atomic E-state index is 12.8. The van der Waals surface area contributed by atoms with Gasteiger partial charge in [0.05, 0.1) is 18.0 Å². The predicted octanol–water partition coefficient (Wildman–Crippen LogP) is 5.20. The van der Waals surface area contributed by atoms with Crippen molar-refractivity contribution in [1.29, 1.82) is 0 Å². The zero-order valence-corrected chi connectivity index (χ0v) is 18.9. The molecule has 2 rings (SSSR count). The molecule has 0 spiro atoms. The van der Waals surface area contributed by atoms with Crippen molar-refractivity contribution in [2.75, 3.05) is 6.54 Å². The molecule has 0 amide bonds. The van der Waals surface area contributed by atoms with Crippen LogP contribution >= 0.6 is 11.6 Å². The lowest BCUT2D eigenvalue weighted by Crippen LogP contribution is -2.39. The fraction of sp³-hybridized carbons (Fsp3) is 0.429. The van der Waals surface area contributed by atoms with Gasteiger partial charge in [-0.25, -0.2) is 14.2 Å². The number of guanidine groups is 1. The van der Waals surface area contributed by atoms with Crippen LogP contribution in [0.5, 0.6) is 0 Å². The van der Waals surface area contributed by atoms with E-state index < -0.39 is 11.0 Å². The van der Waals surface area contributed by atoms with E-state index in [2.05, 4.69) is 21.7 Å². The molecule has 1 heterocycles. The first kappa shape index (κ1) is 24.1. The summed E-state index contributed by atoms with van der Waals surface area (Å²) in [4.78, 5) is 5.15. The molecule has 0 aliphatic carbocycles. The summed E-state index contributed by atoms with van der Waals surface area (Å²) in [5.41, 5.74) is 1.07. The lowest BCUT2D eigenvalue weighted by atomic mass is 10.1. The van der Waals surface area contributed by atoms with Gasteiger partial charge in [-0.05, 0) is 31.9 Å². The van der Waals surface area contributed by atoms with Crippen LogP contribution in [0.2, 0.25) is 0 Å². The van der Waals surface area contributed by atoms with Crippen LogP contribution in [0.3, 0.4) is 0 Å². The Morgan fingerprint density at radius 3 is 2.61 bits per heavy atom. The second-order valence-electron chi connectivity index (χ2n) is 5.91. The third-order valence-electron chi connectivity index (χ3n) is 3.89. The number of allylic oxidation sites excluding steroid dienone is 3. The van der Waals surface area contributed by atoms with Crippen LogP contribution in [-0.2, 0) is 17.5 Å². The van der Waals surface area contributed by atoms with Gasteiger partial charge in [0.15, 0.2) is 11.0 Å². The lowest BCUT2D eigenvalue weighted by Gasteiger charge is -2.19. The molecule has 7 heteroatoms. The van der Waals surface area contributed by atoms with Gasteiger partial charge in [-0.3, -0.25) is 4.72 Å². The molecule has 154 valence electrons. The first-order valence-electron chi connectivity index (χ1n) is 9.62. The van der Waals surface area contributed by atoms with Gasteiger partial charge < -0.3 is 0 Å². The van der Waals surface area contributed by atoms with Gasteiger partial charge in [0.25, 0.3) is 0 Å². The smallest absolute Gasteiger partial charge is 0.227 e. The largest absolute Gasteiger partial charge is 0.270 e. The Bertz CT molecular complexity index is 740. The van der Waals surface area contributed by atoms with Crippen LogP contribution in [0.15, 0.2) is 62.5 Å². The average molecular weight is 423 g/mol. The van der Waals surface area contributed by atoms with Crippen molar-refractivity contribution in [2.45, 2.75) is 47.6 Å². The fourth-order valence-corrected chi connectivity index (χ4v) is 3.61. The van der Waals surface area contributed by atoms with Crippen molar-refractivity contribution >= 4 is 34.8 Å². The van der Waals surface area contributed by atoms with Crippen molar-refractivity contribution < 1.29 is 4.21 Å². The zero-order valence-electron chi connectivity index (χ0n) is 17.4. The Hall–Kier alpha value is -1.92. The second-order valence-corrected chi connectivity index (χ2v) is 7.66. The Morgan fingerprint density at radius 1 is 1.39 bits per heavy atom. The SMILES string of the molecule is C/C=C\C(=C(/C)Cl)S(=O)NC(=NCc1ccccc1)N1CC(CC)C=N1.CC. The molecule has 1 aromatic carbocycles. The van der Waals surface area contributed by atoms with Crippen LogP contribution < -0.4 is 4.72 Å². The molecule has 1 aliphatic rings. The van der Waals surface area contributed by atoms with Gasteiger partial charge in [-0.15, -0.1) is 0 Å². The van der Waals surface area contributed by atoms with E-state index in [4.69, 9.17) is 11.6 Å². The van der Waals surface area contributed by atoms with E-state index in [9.17, 15) is 4.21 Å². The molecule has 1 aromatic rings. The number of benzene rings is 1. The van der Waals surface area contributed by atoms with Crippen molar-refractivity contribution in [3.8, 4) is 0 Å². The lowest BCUT2D eigenvalue weighted by molar-refractivity contribution is 0.430. The summed E-state index contributed by atoms with van der Waals surface area (Å²) in [5.74, 6) is 0.854. The molecular weight excluding hydrogens is 392 g/mol. The van der Waals surface area contributed by atoms with Crippen molar-refractivity contribution in [3.63, 3.8) is 0 Å². The molecule has 0 fully saturated rings. The molecular formula is C21H31ClN4OS. The minimum absolute atomic E-state index is 0.368. The van der Waals surface area contributed by atoms with Gasteiger partial charge >= 0.3 is 0 Å². The number of nitrogens with one attached hydrogen (secondary N) is 1. The molecule has 1 aliphatic heterocycles. The maximum atomic E-state index is 12.8. The van der Waals surface area contributed by atoms with E-state index in [1.807, 2.05) is 63.4 Å². The number of hydrogen-bond acceptors (Lipinski definition) is 3. The molecule has 0 aromatic heterocycles. The standard InChI is InChI=1S/C19H25ClN4OS.C2H6/c1-4-9-18(15(3)20)26(25)23-19(24-14-16(5-2)13-22-24)21-12-17-10-7-6-8-11-17;1-2/h4,6-11,13,16H,5,12,14H2,1-3H3,(H,21,23);1-2H3/b9-4-,18-15-;. The molecule has 0 saturated carbocycles. The van der Waals surface area contributed by atoms with Gasteiger partial charge in [0.1, 0.15) is 0 Å². The normalized spacial score (nSPS) is 18.6. The number of hydrazone groups is 1. The highest BCUT2D eigenvalue weighted by molar-refractivity contribution is 7.88. The highest BCUT2D eigenvalue weighted by Gasteiger charge is 2.22. The topological polar surface area (TPSA) is 57.1 Å². The van der Waals surface area contributed by atoms with E-state index in [-0.39, 0.29) is 0 Å². The molecule has 1 N–H and O–H groups in total.